The van der Waals surface area contributed by atoms with E-state index in [9.17, 15) is 0 Å². The lowest BCUT2D eigenvalue weighted by atomic mass is 10.1. The van der Waals surface area contributed by atoms with Crippen molar-refractivity contribution < 1.29 is 0 Å². The van der Waals surface area contributed by atoms with Crippen molar-refractivity contribution in [3.63, 3.8) is 0 Å². The van der Waals surface area contributed by atoms with Crippen molar-refractivity contribution in [2.45, 2.75) is 13.0 Å². The zero-order valence-corrected chi connectivity index (χ0v) is 13.7. The maximum Gasteiger partial charge on any atom is 0.0648 e. The largest absolute Gasteiger partial charge is 0.377 e. The van der Waals surface area contributed by atoms with Crippen LogP contribution < -0.4 is 5.32 Å². The van der Waals surface area contributed by atoms with Crippen molar-refractivity contribution in [3.8, 4) is 0 Å². The van der Waals surface area contributed by atoms with Crippen LogP contribution in [0.1, 0.15) is 18.5 Å². The molecule has 2 rings (SSSR count). The van der Waals surface area contributed by atoms with E-state index < -0.39 is 0 Å². The Morgan fingerprint density at radius 3 is 2.50 bits per heavy atom. The monoisotopic (exact) mass is 387 g/mol. The minimum absolute atomic E-state index is 0.180. The fraction of sp³-hybridized carbons (Fsp3) is 0.143. The normalized spacial score (nSPS) is 12.2. The van der Waals surface area contributed by atoms with Gasteiger partial charge in [0.2, 0.25) is 0 Å². The van der Waals surface area contributed by atoms with E-state index in [1.807, 2.05) is 36.4 Å². The first-order chi connectivity index (χ1) is 8.58. The van der Waals surface area contributed by atoms with Gasteiger partial charge in [-0.2, -0.15) is 0 Å². The Balaban J connectivity index is 2.21. The summed E-state index contributed by atoms with van der Waals surface area (Å²) >= 11 is 13.2. The molecule has 0 fully saturated rings. The van der Waals surface area contributed by atoms with Gasteiger partial charge >= 0.3 is 0 Å². The summed E-state index contributed by atoms with van der Waals surface area (Å²) in [6.45, 7) is 2.11. The van der Waals surface area contributed by atoms with Crippen molar-refractivity contribution in [1.82, 2.24) is 0 Å². The summed E-state index contributed by atoms with van der Waals surface area (Å²) < 4.78 is 2.07. The lowest BCUT2D eigenvalue weighted by molar-refractivity contribution is 0.879. The van der Waals surface area contributed by atoms with Gasteiger partial charge in [-0.05, 0) is 36.8 Å². The maximum absolute atomic E-state index is 6.20. The number of hydrogen-bond acceptors (Lipinski definition) is 1. The van der Waals surface area contributed by atoms with E-state index in [0.29, 0.717) is 5.02 Å². The van der Waals surface area contributed by atoms with Gasteiger partial charge < -0.3 is 5.32 Å². The Hall–Kier alpha value is -0.510. The van der Waals surface area contributed by atoms with Crippen LogP contribution in [-0.4, -0.2) is 0 Å². The van der Waals surface area contributed by atoms with Gasteiger partial charge in [0, 0.05) is 15.0 Å². The highest BCUT2D eigenvalue weighted by Gasteiger charge is 2.10. The molecule has 0 saturated carbocycles. The molecule has 1 unspecified atom stereocenters. The van der Waals surface area contributed by atoms with Crippen molar-refractivity contribution in [2.24, 2.45) is 0 Å². The van der Waals surface area contributed by atoms with E-state index >= 15 is 0 Å². The van der Waals surface area contributed by atoms with Crippen molar-refractivity contribution in [2.75, 3.05) is 5.32 Å². The molecule has 0 aromatic heterocycles. The Kier molecular flexibility index (Phi) is 4.71. The van der Waals surface area contributed by atoms with Crippen LogP contribution in [0.15, 0.2) is 51.4 Å². The summed E-state index contributed by atoms with van der Waals surface area (Å²) in [5.74, 6) is 0. The summed E-state index contributed by atoms with van der Waals surface area (Å²) in [5.41, 5.74) is 2.14. The molecule has 0 spiro atoms. The Morgan fingerprint density at radius 2 is 1.83 bits per heavy atom. The molecule has 0 bridgehead atoms. The summed E-state index contributed by atoms with van der Waals surface area (Å²) in [4.78, 5) is 0. The molecule has 2 aromatic rings. The number of benzene rings is 2. The molecule has 0 saturated heterocycles. The lowest BCUT2D eigenvalue weighted by Gasteiger charge is -2.18. The highest BCUT2D eigenvalue weighted by atomic mass is 79.9. The van der Waals surface area contributed by atoms with Gasteiger partial charge in [-0.3, -0.25) is 0 Å². The highest BCUT2D eigenvalue weighted by Crippen LogP contribution is 2.31. The highest BCUT2D eigenvalue weighted by molar-refractivity contribution is 9.10. The average molecular weight is 390 g/mol. The van der Waals surface area contributed by atoms with Crippen LogP contribution in [0.5, 0.6) is 0 Å². The van der Waals surface area contributed by atoms with E-state index in [4.69, 9.17) is 11.6 Å². The molecular weight excluding hydrogens is 377 g/mol. The standard InChI is InChI=1S/C14H12Br2ClN/c1-9(11-4-2-3-5-12(11)16)18-14-7-6-10(15)8-13(14)17/h2-9,18H,1H3. The van der Waals surface area contributed by atoms with Crippen LogP contribution in [0.2, 0.25) is 5.02 Å². The van der Waals surface area contributed by atoms with E-state index in [1.165, 1.54) is 5.56 Å². The third kappa shape index (κ3) is 3.28. The van der Waals surface area contributed by atoms with Gasteiger partial charge in [0.1, 0.15) is 0 Å². The van der Waals surface area contributed by atoms with Crippen LogP contribution in [0.4, 0.5) is 5.69 Å². The first kappa shape index (κ1) is 13.9. The van der Waals surface area contributed by atoms with E-state index in [2.05, 4.69) is 50.2 Å². The molecule has 0 aliphatic carbocycles. The molecule has 0 amide bonds. The van der Waals surface area contributed by atoms with Gasteiger partial charge in [0.25, 0.3) is 0 Å². The van der Waals surface area contributed by atoms with Crippen molar-refractivity contribution in [3.05, 3.63) is 62.0 Å². The van der Waals surface area contributed by atoms with Crippen LogP contribution in [0.3, 0.4) is 0 Å². The van der Waals surface area contributed by atoms with Crippen LogP contribution in [0, 0.1) is 0 Å². The number of nitrogens with one attached hydrogen (secondary N) is 1. The lowest BCUT2D eigenvalue weighted by Crippen LogP contribution is -2.07. The Bertz CT molecular complexity index is 557. The molecule has 0 aliphatic heterocycles. The van der Waals surface area contributed by atoms with Crippen LogP contribution in [-0.2, 0) is 0 Å². The molecule has 1 nitrogen and oxygen atoms in total. The molecule has 1 N–H and O–H groups in total. The Labute approximate surface area is 129 Å². The second-order valence-electron chi connectivity index (χ2n) is 4.01. The van der Waals surface area contributed by atoms with Gasteiger partial charge in [-0.1, -0.05) is 61.7 Å². The fourth-order valence-corrected chi connectivity index (χ4v) is 3.10. The molecule has 0 heterocycles. The molecule has 0 radical (unpaired) electrons. The predicted molar refractivity (Wildman–Crippen MR) is 85.3 cm³/mol. The molecule has 2 aromatic carbocycles. The second kappa shape index (κ2) is 6.09. The van der Waals surface area contributed by atoms with E-state index in [-0.39, 0.29) is 6.04 Å². The zero-order valence-electron chi connectivity index (χ0n) is 9.75. The van der Waals surface area contributed by atoms with Crippen molar-refractivity contribution in [1.29, 1.82) is 0 Å². The van der Waals surface area contributed by atoms with E-state index in [1.54, 1.807) is 0 Å². The van der Waals surface area contributed by atoms with Gasteiger partial charge in [-0.15, -0.1) is 0 Å². The SMILES string of the molecule is CC(Nc1ccc(Br)cc1Cl)c1ccccc1Br. The summed E-state index contributed by atoms with van der Waals surface area (Å²) in [5, 5.41) is 4.12. The first-order valence-corrected chi connectivity index (χ1v) is 7.50. The minimum atomic E-state index is 0.180. The Morgan fingerprint density at radius 1 is 1.11 bits per heavy atom. The average Bonchev–Trinajstić information content (AvgIpc) is 2.33. The quantitative estimate of drug-likeness (QED) is 0.675. The second-order valence-corrected chi connectivity index (χ2v) is 6.19. The molecule has 0 aliphatic rings. The topological polar surface area (TPSA) is 12.0 Å². The minimum Gasteiger partial charge on any atom is -0.377 e. The molecule has 94 valence electrons. The number of anilines is 1. The molecule has 18 heavy (non-hydrogen) atoms. The molecule has 1 atom stereocenters. The summed E-state index contributed by atoms with van der Waals surface area (Å²) in [6, 6.07) is 14.2. The van der Waals surface area contributed by atoms with Crippen LogP contribution in [0.25, 0.3) is 0 Å². The van der Waals surface area contributed by atoms with Crippen LogP contribution >= 0.6 is 43.5 Å². The number of halogens is 3. The van der Waals surface area contributed by atoms with Gasteiger partial charge in [-0.25, -0.2) is 0 Å². The smallest absolute Gasteiger partial charge is 0.0648 e. The van der Waals surface area contributed by atoms with Gasteiger partial charge in [0.05, 0.1) is 10.7 Å². The molecule has 4 heteroatoms. The first-order valence-electron chi connectivity index (χ1n) is 5.54. The van der Waals surface area contributed by atoms with Crippen molar-refractivity contribution >= 4 is 49.1 Å². The summed E-state index contributed by atoms with van der Waals surface area (Å²) in [7, 11) is 0. The number of hydrogen-bond donors (Lipinski definition) is 1. The zero-order chi connectivity index (χ0) is 13.1. The third-order valence-electron chi connectivity index (χ3n) is 2.67. The van der Waals surface area contributed by atoms with E-state index in [0.717, 1.165) is 14.6 Å². The third-order valence-corrected chi connectivity index (χ3v) is 4.20. The van der Waals surface area contributed by atoms with Gasteiger partial charge in [0.15, 0.2) is 0 Å². The maximum atomic E-state index is 6.20. The number of rotatable bonds is 3. The summed E-state index contributed by atoms with van der Waals surface area (Å²) in [6.07, 6.45) is 0. The fourth-order valence-electron chi connectivity index (χ4n) is 1.74. The molecular formula is C14H12Br2ClN. The predicted octanol–water partition coefficient (Wildman–Crippen LogP) is 6.04.